The lowest BCUT2D eigenvalue weighted by Crippen LogP contribution is -2.49. The van der Waals surface area contributed by atoms with Gasteiger partial charge in [0, 0.05) is 6.54 Å². The van der Waals surface area contributed by atoms with Gasteiger partial charge in [0.2, 0.25) is 11.8 Å². The van der Waals surface area contributed by atoms with E-state index in [-0.39, 0.29) is 11.8 Å². The van der Waals surface area contributed by atoms with Gasteiger partial charge in [0.1, 0.15) is 6.04 Å². The second-order valence-corrected chi connectivity index (χ2v) is 6.54. The van der Waals surface area contributed by atoms with Crippen molar-refractivity contribution in [2.75, 3.05) is 6.54 Å². The summed E-state index contributed by atoms with van der Waals surface area (Å²) in [5.41, 5.74) is 5.07. The number of amides is 3. The Kier molecular flexibility index (Phi) is 6.80. The van der Waals surface area contributed by atoms with E-state index >= 15 is 0 Å². The molecule has 0 spiro atoms. The van der Waals surface area contributed by atoms with Crippen molar-refractivity contribution in [3.63, 3.8) is 0 Å². The van der Waals surface area contributed by atoms with Crippen LogP contribution >= 0.6 is 0 Å². The van der Waals surface area contributed by atoms with Crippen LogP contribution in [0.15, 0.2) is 0 Å². The zero-order valence-corrected chi connectivity index (χ0v) is 13.7. The predicted molar refractivity (Wildman–Crippen MR) is 81.7 cm³/mol. The normalized spacial score (nSPS) is 21.5. The molecule has 0 saturated carbocycles. The molecule has 1 rings (SSSR count). The van der Waals surface area contributed by atoms with E-state index in [1.807, 2.05) is 13.8 Å². The molecule has 0 aromatic heterocycles. The summed E-state index contributed by atoms with van der Waals surface area (Å²) in [6.07, 6.45) is -0.337. The molecule has 1 aliphatic heterocycles. The zero-order valence-electron chi connectivity index (χ0n) is 13.7. The summed E-state index contributed by atoms with van der Waals surface area (Å²) in [5.74, 6) is -0.600. The Morgan fingerprint density at radius 2 is 1.73 bits per heavy atom. The lowest BCUT2D eigenvalue weighted by atomic mass is 10.0. The Bertz CT molecular complexity index is 423. The van der Waals surface area contributed by atoms with Crippen molar-refractivity contribution in [2.45, 2.75) is 58.8 Å². The van der Waals surface area contributed by atoms with Crippen LogP contribution in [0.1, 0.15) is 40.5 Å². The molecule has 0 unspecified atom stereocenters. The van der Waals surface area contributed by atoms with Crippen LogP contribution in [0, 0.1) is 11.8 Å². The largest absolute Gasteiger partial charge is 0.367 e. The lowest BCUT2D eigenvalue weighted by Gasteiger charge is -2.20. The minimum atomic E-state index is -0.872. The molecule has 1 heterocycles. The third kappa shape index (κ3) is 6.01. The van der Waals surface area contributed by atoms with Crippen molar-refractivity contribution in [1.82, 2.24) is 10.6 Å². The number of carbonyl (C=O) groups excluding carboxylic acids is 3. The first-order chi connectivity index (χ1) is 10.2. The highest BCUT2D eigenvalue weighted by Gasteiger charge is 2.49. The SMILES string of the molecule is CC(C)CCNC(=O)[C@@H](CC(C)C)NC(=O)[C@@H]1O[C@H]1C(N)=O. The Balaban J connectivity index is 2.51. The molecule has 0 bridgehead atoms. The second kappa shape index (κ2) is 8.12. The van der Waals surface area contributed by atoms with Gasteiger partial charge in [0.05, 0.1) is 0 Å². The zero-order chi connectivity index (χ0) is 16.9. The van der Waals surface area contributed by atoms with Gasteiger partial charge in [-0.25, -0.2) is 0 Å². The Hall–Kier alpha value is -1.63. The van der Waals surface area contributed by atoms with Gasteiger partial charge in [-0.05, 0) is 24.7 Å². The molecule has 0 aliphatic carbocycles. The maximum atomic E-state index is 12.2. The molecule has 1 aliphatic rings. The monoisotopic (exact) mass is 313 g/mol. The van der Waals surface area contributed by atoms with E-state index in [0.29, 0.717) is 18.9 Å². The minimum absolute atomic E-state index is 0.209. The number of nitrogens with one attached hydrogen (secondary N) is 2. The summed E-state index contributed by atoms with van der Waals surface area (Å²) in [6, 6.07) is -0.627. The van der Waals surface area contributed by atoms with Crippen LogP contribution < -0.4 is 16.4 Å². The third-order valence-corrected chi connectivity index (χ3v) is 3.39. The van der Waals surface area contributed by atoms with Crippen LogP contribution in [-0.2, 0) is 19.1 Å². The molecule has 0 radical (unpaired) electrons. The van der Waals surface area contributed by atoms with Crippen molar-refractivity contribution in [3.8, 4) is 0 Å². The maximum Gasteiger partial charge on any atom is 0.253 e. The fourth-order valence-electron chi connectivity index (χ4n) is 2.09. The van der Waals surface area contributed by atoms with E-state index in [1.165, 1.54) is 0 Å². The van der Waals surface area contributed by atoms with Crippen LogP contribution in [0.5, 0.6) is 0 Å². The van der Waals surface area contributed by atoms with Crippen LogP contribution in [-0.4, -0.2) is 42.5 Å². The highest BCUT2D eigenvalue weighted by atomic mass is 16.6. The summed E-state index contributed by atoms with van der Waals surface area (Å²) in [5, 5.41) is 5.48. The van der Waals surface area contributed by atoms with E-state index in [1.54, 1.807) is 0 Å². The van der Waals surface area contributed by atoms with E-state index < -0.39 is 30.1 Å². The summed E-state index contributed by atoms with van der Waals surface area (Å²) in [7, 11) is 0. The molecule has 0 aromatic rings. The molecule has 7 nitrogen and oxygen atoms in total. The minimum Gasteiger partial charge on any atom is -0.367 e. The van der Waals surface area contributed by atoms with Crippen molar-refractivity contribution >= 4 is 17.7 Å². The van der Waals surface area contributed by atoms with E-state index in [2.05, 4.69) is 24.5 Å². The van der Waals surface area contributed by atoms with Crippen LogP contribution in [0.3, 0.4) is 0 Å². The number of nitrogens with two attached hydrogens (primary N) is 1. The topological polar surface area (TPSA) is 114 Å². The third-order valence-electron chi connectivity index (χ3n) is 3.39. The Labute approximate surface area is 131 Å². The average Bonchev–Trinajstić information content (AvgIpc) is 3.16. The van der Waals surface area contributed by atoms with E-state index in [9.17, 15) is 14.4 Å². The van der Waals surface area contributed by atoms with E-state index in [4.69, 9.17) is 10.5 Å². The number of hydrogen-bond donors (Lipinski definition) is 3. The first kappa shape index (κ1) is 18.4. The number of hydrogen-bond acceptors (Lipinski definition) is 4. The number of primary amides is 1. The van der Waals surface area contributed by atoms with Gasteiger partial charge < -0.3 is 21.1 Å². The number of rotatable bonds is 9. The molecule has 22 heavy (non-hydrogen) atoms. The number of carbonyl (C=O) groups is 3. The van der Waals surface area contributed by atoms with Crippen molar-refractivity contribution in [1.29, 1.82) is 0 Å². The van der Waals surface area contributed by atoms with Gasteiger partial charge >= 0.3 is 0 Å². The predicted octanol–water partition coefficient (Wildman–Crippen LogP) is -0.0677. The quantitative estimate of drug-likeness (QED) is 0.517. The highest BCUT2D eigenvalue weighted by Crippen LogP contribution is 2.22. The Morgan fingerprint density at radius 1 is 1.09 bits per heavy atom. The maximum absolute atomic E-state index is 12.2. The molecule has 1 saturated heterocycles. The fraction of sp³-hybridized carbons (Fsp3) is 0.800. The fourth-order valence-corrected chi connectivity index (χ4v) is 2.09. The van der Waals surface area contributed by atoms with Gasteiger partial charge in [0.15, 0.2) is 12.2 Å². The van der Waals surface area contributed by atoms with Gasteiger partial charge in [-0.2, -0.15) is 0 Å². The highest BCUT2D eigenvalue weighted by molar-refractivity contribution is 5.96. The molecule has 3 amide bonds. The summed E-state index contributed by atoms with van der Waals surface area (Å²) < 4.78 is 4.92. The van der Waals surface area contributed by atoms with E-state index in [0.717, 1.165) is 6.42 Å². The molecular formula is C15H27N3O4. The summed E-state index contributed by atoms with van der Waals surface area (Å²) in [6.45, 7) is 8.67. The van der Waals surface area contributed by atoms with Crippen LogP contribution in [0.4, 0.5) is 0 Å². The van der Waals surface area contributed by atoms with Crippen molar-refractivity contribution in [3.05, 3.63) is 0 Å². The molecule has 1 fully saturated rings. The second-order valence-electron chi connectivity index (χ2n) is 6.54. The van der Waals surface area contributed by atoms with Crippen molar-refractivity contribution in [2.24, 2.45) is 17.6 Å². The number of ether oxygens (including phenoxy) is 1. The molecule has 4 N–H and O–H groups in total. The average molecular weight is 313 g/mol. The van der Waals surface area contributed by atoms with Crippen LogP contribution in [0.2, 0.25) is 0 Å². The summed E-state index contributed by atoms with van der Waals surface area (Å²) >= 11 is 0. The van der Waals surface area contributed by atoms with Crippen molar-refractivity contribution < 1.29 is 19.1 Å². The van der Waals surface area contributed by atoms with Gasteiger partial charge in [-0.3, -0.25) is 14.4 Å². The molecular weight excluding hydrogens is 286 g/mol. The number of epoxide rings is 1. The molecule has 7 heteroatoms. The summed E-state index contributed by atoms with van der Waals surface area (Å²) in [4.78, 5) is 35.1. The molecule has 3 atom stereocenters. The first-order valence-electron chi connectivity index (χ1n) is 7.75. The molecule has 0 aromatic carbocycles. The molecule has 126 valence electrons. The lowest BCUT2D eigenvalue weighted by molar-refractivity contribution is -0.130. The van der Waals surface area contributed by atoms with Gasteiger partial charge in [0.25, 0.3) is 5.91 Å². The van der Waals surface area contributed by atoms with Gasteiger partial charge in [-0.1, -0.05) is 27.7 Å². The smallest absolute Gasteiger partial charge is 0.253 e. The first-order valence-corrected chi connectivity index (χ1v) is 7.75. The van der Waals surface area contributed by atoms with Crippen LogP contribution in [0.25, 0.3) is 0 Å². The van der Waals surface area contributed by atoms with Gasteiger partial charge in [-0.15, -0.1) is 0 Å². The standard InChI is InChI=1S/C15H27N3O4/c1-8(2)5-6-17-14(20)10(7-9(3)4)18-15(21)12-11(22-12)13(16)19/h8-12H,5-7H2,1-4H3,(H2,16,19)(H,17,20)(H,18,21)/t10-,11-,12-/m1/s1. The Morgan fingerprint density at radius 3 is 2.18 bits per heavy atom.